The third-order valence-corrected chi connectivity index (χ3v) is 13.7. The van der Waals surface area contributed by atoms with Gasteiger partial charge in [-0.2, -0.15) is 0 Å². The minimum absolute atomic E-state index is 0.00771. The fourth-order valence-electron chi connectivity index (χ4n) is 4.93. The van der Waals surface area contributed by atoms with Crippen LogP contribution in [0.15, 0.2) is 102 Å². The first kappa shape index (κ1) is 33.2. The Morgan fingerprint density at radius 1 is 0.889 bits per heavy atom. The number of carbonyl (C=O) groups excluding carboxylic acids is 3. The molecule has 0 saturated carbocycles. The lowest BCUT2D eigenvalue weighted by molar-refractivity contribution is -0.145. The highest BCUT2D eigenvalue weighted by molar-refractivity contribution is 6.80. The van der Waals surface area contributed by atoms with Crippen molar-refractivity contribution in [3.05, 3.63) is 103 Å². The van der Waals surface area contributed by atoms with E-state index < -0.39 is 20.4 Å². The van der Waals surface area contributed by atoms with Gasteiger partial charge >= 0.3 is 12.2 Å². The Kier molecular flexibility index (Phi) is 11.0. The molecule has 3 amide bonds. The third kappa shape index (κ3) is 8.92. The second kappa shape index (κ2) is 14.9. The summed E-state index contributed by atoms with van der Waals surface area (Å²) in [7, 11) is -2.11. The molecule has 9 nitrogen and oxygen atoms in total. The maximum absolute atomic E-state index is 13.6. The smallest absolute Gasteiger partial charge is 0.410 e. The van der Waals surface area contributed by atoms with Gasteiger partial charge in [-0.25, -0.2) is 9.59 Å². The van der Waals surface area contributed by atoms with Crippen LogP contribution < -0.4 is 20.1 Å². The van der Waals surface area contributed by atoms with Crippen LogP contribution in [0.25, 0.3) is 6.08 Å². The average molecular weight is 627 g/mol. The van der Waals surface area contributed by atoms with Crippen LogP contribution in [0.5, 0.6) is 11.5 Å². The van der Waals surface area contributed by atoms with E-state index in [9.17, 15) is 14.4 Å². The van der Waals surface area contributed by atoms with E-state index >= 15 is 0 Å². The highest BCUT2D eigenvalue weighted by atomic mass is 28.3. The molecule has 236 valence electrons. The van der Waals surface area contributed by atoms with Gasteiger partial charge in [-0.3, -0.25) is 10.1 Å². The number of hydrogen-bond acceptors (Lipinski definition) is 5. The highest BCUT2D eigenvalue weighted by Gasteiger charge is 2.55. The number of benzene rings is 3. The van der Waals surface area contributed by atoms with Gasteiger partial charge in [0, 0.05) is 6.54 Å². The molecule has 2 N–H and O–H groups in total. The Hall–Kier alpha value is -4.70. The van der Waals surface area contributed by atoms with E-state index in [0.717, 1.165) is 5.56 Å². The minimum atomic E-state index is -2.11. The second-order valence-electron chi connectivity index (χ2n) is 12.4. The molecule has 3 aromatic rings. The van der Waals surface area contributed by atoms with Gasteiger partial charge in [0.2, 0.25) is 11.9 Å². The quantitative estimate of drug-likeness (QED) is 0.0852. The zero-order valence-electron chi connectivity index (χ0n) is 26.5. The number of ether oxygens (including phenoxy) is 2. The first-order valence-corrected chi connectivity index (χ1v) is 18.1. The van der Waals surface area contributed by atoms with Gasteiger partial charge in [0.25, 0.3) is 0 Å². The van der Waals surface area contributed by atoms with E-state index in [4.69, 9.17) is 9.47 Å². The van der Waals surface area contributed by atoms with E-state index in [1.807, 2.05) is 30.3 Å². The summed E-state index contributed by atoms with van der Waals surface area (Å²) >= 11 is 0. The zero-order chi connectivity index (χ0) is 32.5. The van der Waals surface area contributed by atoms with Crippen molar-refractivity contribution < 1.29 is 23.9 Å². The minimum Gasteiger partial charge on any atom is -0.410 e. The van der Waals surface area contributed by atoms with Gasteiger partial charge in [-0.1, -0.05) is 113 Å². The molecule has 3 aromatic carbocycles. The number of β-lactam (4-membered cyclic amide) rings is 1. The largest absolute Gasteiger partial charge is 0.442 e. The molecule has 45 heavy (non-hydrogen) atoms. The Bertz CT molecular complexity index is 1510. The van der Waals surface area contributed by atoms with E-state index in [1.165, 1.54) is 0 Å². The predicted molar refractivity (Wildman–Crippen MR) is 180 cm³/mol. The molecule has 1 heterocycles. The van der Waals surface area contributed by atoms with Gasteiger partial charge in [0.1, 0.15) is 11.5 Å². The van der Waals surface area contributed by atoms with Gasteiger partial charge in [0.05, 0.1) is 12.0 Å². The third-order valence-electron chi connectivity index (χ3n) is 8.30. The molecular formula is C35H42N4O5Si. The summed E-state index contributed by atoms with van der Waals surface area (Å²) in [5, 5.41) is 5.51. The second-order valence-corrected chi connectivity index (χ2v) is 17.5. The monoisotopic (exact) mass is 626 g/mol. The van der Waals surface area contributed by atoms with Crippen molar-refractivity contribution in [2.45, 2.75) is 57.8 Å². The molecule has 0 unspecified atom stereocenters. The Balaban J connectivity index is 1.42. The molecule has 0 spiro atoms. The fraction of sp³-hybridized carbons (Fsp3) is 0.314. The van der Waals surface area contributed by atoms with Crippen LogP contribution in [0.3, 0.4) is 0 Å². The number of amides is 3. The number of nitrogens with one attached hydrogen (secondary N) is 2. The Morgan fingerprint density at radius 3 is 2.02 bits per heavy atom. The Labute approximate surface area is 266 Å². The van der Waals surface area contributed by atoms with Crippen molar-refractivity contribution >= 4 is 38.4 Å². The molecule has 2 atom stereocenters. The highest BCUT2D eigenvalue weighted by Crippen LogP contribution is 2.46. The van der Waals surface area contributed by atoms with Crippen LogP contribution in [0.2, 0.25) is 18.1 Å². The van der Waals surface area contributed by atoms with E-state index in [0.29, 0.717) is 30.9 Å². The summed E-state index contributed by atoms with van der Waals surface area (Å²) in [6, 6.07) is 27.2. The van der Waals surface area contributed by atoms with Crippen LogP contribution in [0, 0.1) is 5.92 Å². The van der Waals surface area contributed by atoms with Crippen LogP contribution in [-0.4, -0.2) is 49.4 Å². The zero-order valence-corrected chi connectivity index (χ0v) is 27.5. The standard InChI is InChI=1S/C35H42N4O5Si/c1-35(2,3)45(4,5)39-30(24-23-26-16-9-6-10-17-26)29(31(39)40)22-15-25-36-32(37-33(41)43-27-18-11-7-12-19-27)38-34(42)44-28-20-13-8-14-21-28/h6-14,16-21,23-24,29-30H,15,22,25H2,1-5H3,(H2,36,37,38,41,42)/t29-,30+/m1/s1. The van der Waals surface area contributed by atoms with E-state index in [1.54, 1.807) is 60.7 Å². The molecule has 1 aliphatic heterocycles. The van der Waals surface area contributed by atoms with Crippen LogP contribution in [-0.2, 0) is 4.79 Å². The summed E-state index contributed by atoms with van der Waals surface area (Å²) in [5.41, 5.74) is 1.09. The van der Waals surface area contributed by atoms with Crippen molar-refractivity contribution in [3.63, 3.8) is 0 Å². The van der Waals surface area contributed by atoms with Crippen molar-refractivity contribution in [2.24, 2.45) is 10.9 Å². The maximum Gasteiger partial charge on any atom is 0.442 e. The summed E-state index contributed by atoms with van der Waals surface area (Å²) in [5.74, 6) is 0.558. The first-order valence-electron chi connectivity index (χ1n) is 15.2. The lowest BCUT2D eigenvalue weighted by atomic mass is 9.85. The molecule has 0 aliphatic carbocycles. The number of para-hydroxylation sites is 2. The Morgan fingerprint density at radius 2 is 1.44 bits per heavy atom. The molecule has 1 fully saturated rings. The van der Waals surface area contributed by atoms with Gasteiger partial charge in [-0.15, -0.1) is 4.99 Å². The first-order chi connectivity index (χ1) is 21.5. The van der Waals surface area contributed by atoms with Crippen LogP contribution in [0.1, 0.15) is 39.2 Å². The lowest BCUT2D eigenvalue weighted by Crippen LogP contribution is -2.72. The van der Waals surface area contributed by atoms with Crippen LogP contribution >= 0.6 is 0 Å². The lowest BCUT2D eigenvalue weighted by Gasteiger charge is -2.58. The number of carbonyl (C=O) groups is 3. The predicted octanol–water partition coefficient (Wildman–Crippen LogP) is 7.25. The normalized spacial score (nSPS) is 17.0. The SMILES string of the molecule is CC(C)(C)[Si](C)(C)N1C(=O)[C@H](CCCNC(=NC(=O)Oc2ccccc2)NC(=O)Oc2ccccc2)[C@@H]1C=Cc1ccccc1. The van der Waals surface area contributed by atoms with Gasteiger partial charge in [0.15, 0.2) is 8.24 Å². The van der Waals surface area contributed by atoms with E-state index in [2.05, 4.69) is 66.2 Å². The topological polar surface area (TPSA) is 109 Å². The molecule has 10 heteroatoms. The van der Waals surface area contributed by atoms with Crippen LogP contribution in [0.4, 0.5) is 9.59 Å². The summed E-state index contributed by atoms with van der Waals surface area (Å²) in [6.07, 6.45) is 3.74. The molecule has 0 bridgehead atoms. The molecule has 0 aromatic heterocycles. The maximum atomic E-state index is 13.6. The van der Waals surface area contributed by atoms with Crippen molar-refractivity contribution in [1.29, 1.82) is 0 Å². The molecular weight excluding hydrogens is 584 g/mol. The number of rotatable bonds is 9. The summed E-state index contributed by atoms with van der Waals surface area (Å²) < 4.78 is 12.7. The average Bonchev–Trinajstić information content (AvgIpc) is 2.99. The fourth-order valence-corrected chi connectivity index (χ4v) is 7.38. The summed E-state index contributed by atoms with van der Waals surface area (Å²) in [6.45, 7) is 11.5. The van der Waals surface area contributed by atoms with Crippen molar-refractivity contribution in [3.8, 4) is 11.5 Å². The van der Waals surface area contributed by atoms with Gasteiger partial charge < -0.3 is 19.4 Å². The molecule has 4 rings (SSSR count). The van der Waals surface area contributed by atoms with Gasteiger partial charge in [-0.05, 0) is 47.7 Å². The molecule has 1 saturated heterocycles. The van der Waals surface area contributed by atoms with Crippen molar-refractivity contribution in [2.75, 3.05) is 6.54 Å². The number of aliphatic imine (C=N–C) groups is 1. The number of hydrogen-bond donors (Lipinski definition) is 2. The molecule has 0 radical (unpaired) electrons. The van der Waals surface area contributed by atoms with E-state index in [-0.39, 0.29) is 28.9 Å². The molecule has 1 aliphatic rings. The number of nitrogens with zero attached hydrogens (tertiary/aromatic N) is 2. The van der Waals surface area contributed by atoms with Crippen molar-refractivity contribution in [1.82, 2.24) is 15.2 Å². The number of guanidine groups is 1. The summed E-state index contributed by atoms with van der Waals surface area (Å²) in [4.78, 5) is 42.6.